The highest BCUT2D eigenvalue weighted by Gasteiger charge is 2.10. The molecular weight excluding hydrogens is 673 g/mol. The van der Waals surface area contributed by atoms with Crippen LogP contribution in [0.25, 0.3) is 48.6 Å². The second-order valence-corrected chi connectivity index (χ2v) is 15.4. The highest BCUT2D eigenvalue weighted by Crippen LogP contribution is 2.25. The minimum Gasteiger partial charge on any atom is -0.0654 e. The molecule has 6 aromatic rings. The fourth-order valence-corrected chi connectivity index (χ4v) is 7.47. The van der Waals surface area contributed by atoms with Gasteiger partial charge in [0.2, 0.25) is 0 Å². The van der Waals surface area contributed by atoms with E-state index in [-0.39, 0.29) is 0 Å². The van der Waals surface area contributed by atoms with Gasteiger partial charge in [0.25, 0.3) is 0 Å². The molecule has 0 atom stereocenters. The molecule has 0 heteroatoms. The summed E-state index contributed by atoms with van der Waals surface area (Å²) in [7, 11) is 0. The molecule has 6 aromatic carbocycles. The van der Waals surface area contributed by atoms with Crippen molar-refractivity contribution in [1.82, 2.24) is 0 Å². The smallest absolute Gasteiger partial charge is 0.0221 e. The van der Waals surface area contributed by atoms with Crippen molar-refractivity contribution in [2.75, 3.05) is 0 Å². The van der Waals surface area contributed by atoms with Crippen molar-refractivity contribution in [3.63, 3.8) is 0 Å². The lowest BCUT2D eigenvalue weighted by molar-refractivity contribution is 0.795. The number of rotatable bonds is 14. The predicted octanol–water partition coefficient (Wildman–Crippen LogP) is 14.9. The second kappa shape index (κ2) is 19.7. The number of hydrogen-bond donors (Lipinski definition) is 0. The van der Waals surface area contributed by atoms with E-state index in [1.165, 1.54) is 116 Å². The van der Waals surface area contributed by atoms with Gasteiger partial charge < -0.3 is 0 Å². The molecule has 10 rings (SSSR count). The Labute approximate surface area is 336 Å². The summed E-state index contributed by atoms with van der Waals surface area (Å²) < 4.78 is 0. The van der Waals surface area contributed by atoms with Crippen LogP contribution in [-0.2, 0) is 38.5 Å². The normalized spacial score (nSPS) is 13.0. The first-order chi connectivity index (χ1) is 27.6. The first kappa shape index (κ1) is 38.6. The SMILES string of the molecule is CCCCc1ccc(/C=C/c2ccc(/C=C/c3cc4ccc3CCc3ccc(cc3/C=C/c3ccc(/C=C/c5ccc(CCCC)cc5)cc3)CC4)cc2)cc1. The maximum absolute atomic E-state index is 2.41. The predicted molar refractivity (Wildman–Crippen MR) is 246 cm³/mol. The summed E-state index contributed by atoms with van der Waals surface area (Å²) in [6.07, 6.45) is 29.4. The molecule has 0 aliphatic heterocycles. The number of unbranched alkanes of at least 4 members (excludes halogenated alkanes) is 2. The van der Waals surface area contributed by atoms with Crippen LogP contribution in [0.3, 0.4) is 0 Å². The molecule has 0 radical (unpaired) electrons. The summed E-state index contributed by atoms with van der Waals surface area (Å²) >= 11 is 0. The van der Waals surface area contributed by atoms with Gasteiger partial charge in [-0.2, -0.15) is 0 Å². The summed E-state index contributed by atoms with van der Waals surface area (Å²) in [6.45, 7) is 4.50. The fourth-order valence-electron chi connectivity index (χ4n) is 7.47. The van der Waals surface area contributed by atoms with Crippen molar-refractivity contribution in [1.29, 1.82) is 0 Å². The Morgan fingerprint density at radius 1 is 0.339 bits per heavy atom. The fraction of sp³-hybridized carbons (Fsp3) is 0.214. The van der Waals surface area contributed by atoms with E-state index in [1.54, 1.807) is 0 Å². The van der Waals surface area contributed by atoms with Crippen LogP contribution in [-0.4, -0.2) is 0 Å². The lowest BCUT2D eigenvalue weighted by Crippen LogP contribution is -2.02. The van der Waals surface area contributed by atoms with Crippen LogP contribution in [0.15, 0.2) is 133 Å². The Balaban J connectivity index is 0.986. The molecule has 0 spiro atoms. The zero-order chi connectivity index (χ0) is 38.4. The van der Waals surface area contributed by atoms with Crippen LogP contribution in [0.2, 0.25) is 0 Å². The standard InChI is InChI=1S/C56H56/c1-3-5-7-43-9-13-45(14-10-43)17-19-47-21-25-49(26-22-47)31-37-55-41-51-29-30-52-34-36-54(40-39-53(55)35-33-51)56(42-52)38-32-50-27-23-48(24-28-50)20-18-46-15-11-44(12-16-46)8-6-4-2/h9-28,31-38,41-42H,3-8,29-30,39-40H2,1-2H3/b19-17+,20-18+,37-31+,38-32+. The van der Waals surface area contributed by atoms with Crippen molar-refractivity contribution < 1.29 is 0 Å². The summed E-state index contributed by atoms with van der Waals surface area (Å²) in [5.41, 5.74) is 18.5. The summed E-state index contributed by atoms with van der Waals surface area (Å²) in [4.78, 5) is 0. The van der Waals surface area contributed by atoms with Crippen molar-refractivity contribution in [2.45, 2.75) is 78.1 Å². The Hall–Kier alpha value is -5.72. The molecule has 0 amide bonds. The first-order valence-corrected chi connectivity index (χ1v) is 20.9. The molecule has 0 N–H and O–H groups in total. The van der Waals surface area contributed by atoms with E-state index in [9.17, 15) is 0 Å². The van der Waals surface area contributed by atoms with E-state index < -0.39 is 0 Å². The van der Waals surface area contributed by atoms with Gasteiger partial charge in [-0.15, -0.1) is 0 Å². The van der Waals surface area contributed by atoms with Gasteiger partial charge in [0, 0.05) is 0 Å². The Morgan fingerprint density at radius 3 is 0.964 bits per heavy atom. The van der Waals surface area contributed by atoms with Crippen molar-refractivity contribution in [2.24, 2.45) is 0 Å². The van der Waals surface area contributed by atoms with Crippen LogP contribution >= 0.6 is 0 Å². The van der Waals surface area contributed by atoms with Gasteiger partial charge in [-0.25, -0.2) is 0 Å². The van der Waals surface area contributed by atoms with E-state index in [0.717, 1.165) is 25.7 Å². The summed E-state index contributed by atoms with van der Waals surface area (Å²) in [6, 6.07) is 50.0. The van der Waals surface area contributed by atoms with Gasteiger partial charge in [-0.1, -0.05) is 209 Å². The average molecular weight is 729 g/mol. The molecule has 0 fully saturated rings. The number of benzene rings is 6. The van der Waals surface area contributed by atoms with E-state index in [1.807, 2.05) is 0 Å². The Bertz CT molecular complexity index is 2110. The molecule has 4 aliphatic carbocycles. The lowest BCUT2D eigenvalue weighted by Gasteiger charge is -2.15. The molecule has 56 heavy (non-hydrogen) atoms. The number of aryl methyl sites for hydroxylation is 6. The molecule has 280 valence electrons. The maximum Gasteiger partial charge on any atom is -0.0221 e. The highest BCUT2D eigenvalue weighted by atomic mass is 14.1. The molecule has 0 saturated heterocycles. The minimum absolute atomic E-state index is 1.01. The summed E-state index contributed by atoms with van der Waals surface area (Å²) in [5, 5.41) is 0. The number of hydrogen-bond acceptors (Lipinski definition) is 0. The van der Waals surface area contributed by atoms with Gasteiger partial charge in [0.05, 0.1) is 0 Å². The van der Waals surface area contributed by atoms with Crippen LogP contribution < -0.4 is 0 Å². The molecule has 0 heterocycles. The highest BCUT2D eigenvalue weighted by molar-refractivity contribution is 5.76. The van der Waals surface area contributed by atoms with Crippen LogP contribution in [0.4, 0.5) is 0 Å². The van der Waals surface area contributed by atoms with Crippen LogP contribution in [0.5, 0.6) is 0 Å². The van der Waals surface area contributed by atoms with Crippen LogP contribution in [0, 0.1) is 0 Å². The molecule has 4 aliphatic rings. The van der Waals surface area contributed by atoms with E-state index in [4.69, 9.17) is 0 Å². The van der Waals surface area contributed by atoms with E-state index >= 15 is 0 Å². The zero-order valence-electron chi connectivity index (χ0n) is 33.4. The van der Waals surface area contributed by atoms with Gasteiger partial charge in [0.1, 0.15) is 0 Å². The molecule has 0 saturated carbocycles. The topological polar surface area (TPSA) is 0 Å². The average Bonchev–Trinajstić information content (AvgIpc) is 3.24. The zero-order valence-corrected chi connectivity index (χ0v) is 33.4. The molecule has 0 unspecified atom stereocenters. The minimum atomic E-state index is 1.01. The Kier molecular flexibility index (Phi) is 13.6. The monoisotopic (exact) mass is 728 g/mol. The van der Waals surface area contributed by atoms with Crippen molar-refractivity contribution >= 4 is 48.6 Å². The molecular formula is C56H56. The lowest BCUT2D eigenvalue weighted by atomic mass is 9.90. The van der Waals surface area contributed by atoms with Gasteiger partial charge in [0.15, 0.2) is 0 Å². The third kappa shape index (κ3) is 11.2. The quantitative estimate of drug-likeness (QED) is 0.0980. The van der Waals surface area contributed by atoms with E-state index in [2.05, 4.69) is 196 Å². The van der Waals surface area contributed by atoms with Crippen LogP contribution in [0.1, 0.15) is 117 Å². The van der Waals surface area contributed by atoms with Gasteiger partial charge in [-0.3, -0.25) is 0 Å². The van der Waals surface area contributed by atoms with E-state index in [0.29, 0.717) is 0 Å². The largest absolute Gasteiger partial charge is 0.0654 e. The molecule has 4 bridgehead atoms. The van der Waals surface area contributed by atoms with Gasteiger partial charge >= 0.3 is 0 Å². The Morgan fingerprint density at radius 2 is 0.643 bits per heavy atom. The summed E-state index contributed by atoms with van der Waals surface area (Å²) in [5.74, 6) is 0. The van der Waals surface area contributed by atoms with Crippen molar-refractivity contribution in [3.05, 3.63) is 211 Å². The second-order valence-electron chi connectivity index (χ2n) is 15.4. The van der Waals surface area contributed by atoms with Crippen molar-refractivity contribution in [3.8, 4) is 0 Å². The maximum atomic E-state index is 2.41. The first-order valence-electron chi connectivity index (χ1n) is 20.9. The third-order valence-electron chi connectivity index (χ3n) is 11.1. The molecule has 0 nitrogen and oxygen atoms in total. The third-order valence-corrected chi connectivity index (χ3v) is 11.1. The molecule has 0 aromatic heterocycles. The van der Waals surface area contributed by atoms with Gasteiger partial charge in [-0.05, 0) is 129 Å².